The Kier molecular flexibility index (Phi) is 6.38. The van der Waals surface area contributed by atoms with E-state index in [4.69, 9.17) is 9.29 Å². The van der Waals surface area contributed by atoms with E-state index in [0.717, 1.165) is 0 Å². The first kappa shape index (κ1) is 12.6. The summed E-state index contributed by atoms with van der Waals surface area (Å²) < 4.78 is 33.6. The molecule has 0 aromatic rings. The van der Waals surface area contributed by atoms with Crippen molar-refractivity contribution in [3.63, 3.8) is 0 Å². The predicted octanol–water partition coefficient (Wildman–Crippen LogP) is 0.119. The highest BCUT2D eigenvalue weighted by Crippen LogP contribution is 1.97. The van der Waals surface area contributed by atoms with Crippen LogP contribution in [0.25, 0.3) is 0 Å². The lowest BCUT2D eigenvalue weighted by molar-refractivity contribution is 0.153. The number of hydrogen-bond acceptors (Lipinski definition) is 5. The third kappa shape index (κ3) is 8.66. The van der Waals surface area contributed by atoms with E-state index < -0.39 is 10.1 Å². The van der Waals surface area contributed by atoms with Gasteiger partial charge in [-0.1, -0.05) is 0 Å². The molecule has 4 nitrogen and oxygen atoms in total. The summed E-state index contributed by atoms with van der Waals surface area (Å²) in [5.74, 6) is 0.190. The van der Waals surface area contributed by atoms with Gasteiger partial charge in [0, 0.05) is 11.0 Å². The molecule has 1 atom stereocenters. The normalized spacial score (nSPS) is 14.6. The third-order valence-electron chi connectivity index (χ3n) is 1.01. The van der Waals surface area contributed by atoms with E-state index in [1.165, 1.54) is 0 Å². The van der Waals surface area contributed by atoms with Gasteiger partial charge in [-0.2, -0.15) is 33.7 Å². The third-order valence-corrected chi connectivity index (χ3v) is 2.75. The SMILES string of the molecule is O=S(=O)(O)CCOC[C@H](S)CS. The molecule has 0 amide bonds. The second-order valence-corrected chi connectivity index (χ2v) is 4.86. The first-order chi connectivity index (χ1) is 5.45. The molecule has 0 unspecified atom stereocenters. The van der Waals surface area contributed by atoms with Gasteiger partial charge in [-0.3, -0.25) is 4.55 Å². The Bertz CT molecular complexity index is 201. The number of ether oxygens (including phenoxy) is 1. The van der Waals surface area contributed by atoms with Gasteiger partial charge in [-0.15, -0.1) is 0 Å². The van der Waals surface area contributed by atoms with E-state index in [1.54, 1.807) is 0 Å². The van der Waals surface area contributed by atoms with Gasteiger partial charge < -0.3 is 4.74 Å². The lowest BCUT2D eigenvalue weighted by Gasteiger charge is -2.06. The van der Waals surface area contributed by atoms with Crippen molar-refractivity contribution in [2.24, 2.45) is 0 Å². The minimum absolute atomic E-state index is 0.00488. The van der Waals surface area contributed by atoms with Crippen LogP contribution in [-0.2, 0) is 14.9 Å². The molecule has 1 N–H and O–H groups in total. The average Bonchev–Trinajstić information content (AvgIpc) is 1.96. The van der Waals surface area contributed by atoms with Gasteiger partial charge >= 0.3 is 0 Å². The molecular formula is C5H12O4S3. The Morgan fingerprint density at radius 1 is 1.50 bits per heavy atom. The summed E-state index contributed by atoms with van der Waals surface area (Å²) in [6, 6.07) is 0. The topological polar surface area (TPSA) is 63.6 Å². The van der Waals surface area contributed by atoms with Crippen molar-refractivity contribution in [2.75, 3.05) is 24.7 Å². The van der Waals surface area contributed by atoms with Crippen molar-refractivity contribution >= 4 is 35.4 Å². The summed E-state index contributed by atoms with van der Waals surface area (Å²) in [7, 11) is -3.90. The largest absolute Gasteiger partial charge is 0.379 e. The molecule has 0 radical (unpaired) electrons. The maximum Gasteiger partial charge on any atom is 0.267 e. The average molecular weight is 232 g/mol. The Morgan fingerprint density at radius 3 is 2.50 bits per heavy atom. The Morgan fingerprint density at radius 2 is 2.08 bits per heavy atom. The van der Waals surface area contributed by atoms with Crippen LogP contribution < -0.4 is 0 Å². The fourth-order valence-corrected chi connectivity index (χ4v) is 0.976. The van der Waals surface area contributed by atoms with Crippen molar-refractivity contribution in [2.45, 2.75) is 5.25 Å². The zero-order valence-electron chi connectivity index (χ0n) is 6.38. The smallest absolute Gasteiger partial charge is 0.267 e. The molecule has 0 aliphatic carbocycles. The molecular weight excluding hydrogens is 220 g/mol. The number of hydrogen-bond donors (Lipinski definition) is 3. The van der Waals surface area contributed by atoms with Crippen molar-refractivity contribution in [3.05, 3.63) is 0 Å². The molecule has 0 spiro atoms. The predicted molar refractivity (Wildman–Crippen MR) is 53.9 cm³/mol. The van der Waals surface area contributed by atoms with Crippen LogP contribution in [0.1, 0.15) is 0 Å². The highest BCUT2D eigenvalue weighted by molar-refractivity contribution is 7.85. The van der Waals surface area contributed by atoms with Crippen molar-refractivity contribution in [1.82, 2.24) is 0 Å². The molecule has 12 heavy (non-hydrogen) atoms. The fraction of sp³-hybridized carbons (Fsp3) is 1.00. The molecule has 0 saturated heterocycles. The number of rotatable bonds is 6. The maximum atomic E-state index is 10.2. The Labute approximate surface area is 83.3 Å². The summed E-state index contributed by atoms with van der Waals surface area (Å²) in [4.78, 5) is 0. The van der Waals surface area contributed by atoms with Crippen molar-refractivity contribution in [1.29, 1.82) is 0 Å². The minimum Gasteiger partial charge on any atom is -0.379 e. The molecule has 0 aliphatic rings. The summed E-state index contributed by atoms with van der Waals surface area (Å²) in [6.07, 6.45) is 0. The zero-order valence-corrected chi connectivity index (χ0v) is 8.99. The summed E-state index contributed by atoms with van der Waals surface area (Å²) in [5, 5.41) is -0.00488. The maximum absolute atomic E-state index is 10.2. The highest BCUT2D eigenvalue weighted by Gasteiger charge is 2.05. The van der Waals surface area contributed by atoms with Gasteiger partial charge in [0.15, 0.2) is 0 Å². The quantitative estimate of drug-likeness (QED) is 0.346. The van der Waals surface area contributed by atoms with E-state index in [-0.39, 0.29) is 17.6 Å². The van der Waals surface area contributed by atoms with Crippen LogP contribution in [0.3, 0.4) is 0 Å². The molecule has 0 fully saturated rings. The van der Waals surface area contributed by atoms with Gasteiger partial charge in [0.25, 0.3) is 10.1 Å². The minimum atomic E-state index is -3.90. The molecule has 0 bridgehead atoms. The molecule has 0 heterocycles. The van der Waals surface area contributed by atoms with Gasteiger partial charge in [0.2, 0.25) is 0 Å². The van der Waals surface area contributed by atoms with Crippen molar-refractivity contribution < 1.29 is 17.7 Å². The molecule has 0 saturated carbocycles. The van der Waals surface area contributed by atoms with Gasteiger partial charge in [0.05, 0.1) is 19.0 Å². The van der Waals surface area contributed by atoms with Crippen LogP contribution in [0.5, 0.6) is 0 Å². The lowest BCUT2D eigenvalue weighted by Crippen LogP contribution is -2.16. The Balaban J connectivity index is 3.34. The molecule has 7 heteroatoms. The molecule has 0 aromatic carbocycles. The van der Waals surface area contributed by atoms with E-state index >= 15 is 0 Å². The van der Waals surface area contributed by atoms with Gasteiger partial charge in [-0.25, -0.2) is 0 Å². The van der Waals surface area contributed by atoms with Crippen LogP contribution in [0.4, 0.5) is 0 Å². The zero-order chi connectivity index (χ0) is 9.61. The van der Waals surface area contributed by atoms with E-state index in [9.17, 15) is 8.42 Å². The van der Waals surface area contributed by atoms with E-state index in [1.807, 2.05) is 0 Å². The summed E-state index contributed by atoms with van der Waals surface area (Å²) in [5.41, 5.74) is 0. The van der Waals surface area contributed by atoms with Crippen molar-refractivity contribution in [3.8, 4) is 0 Å². The molecule has 0 aromatic heterocycles. The second-order valence-electron chi connectivity index (χ2n) is 2.20. The number of thiol groups is 2. The van der Waals surface area contributed by atoms with Crippen LogP contribution in [0.2, 0.25) is 0 Å². The van der Waals surface area contributed by atoms with Crippen LogP contribution in [-0.4, -0.2) is 42.9 Å². The van der Waals surface area contributed by atoms with Crippen LogP contribution in [0, 0.1) is 0 Å². The van der Waals surface area contributed by atoms with E-state index in [0.29, 0.717) is 12.4 Å². The van der Waals surface area contributed by atoms with E-state index in [2.05, 4.69) is 25.3 Å². The Hall–Kier alpha value is 0.570. The fourth-order valence-electron chi connectivity index (χ4n) is 0.436. The van der Waals surface area contributed by atoms with Gasteiger partial charge in [0.1, 0.15) is 0 Å². The highest BCUT2D eigenvalue weighted by atomic mass is 32.2. The molecule has 0 rings (SSSR count). The van der Waals surface area contributed by atoms with Crippen LogP contribution in [0.15, 0.2) is 0 Å². The van der Waals surface area contributed by atoms with Gasteiger partial charge in [-0.05, 0) is 0 Å². The molecule has 74 valence electrons. The monoisotopic (exact) mass is 232 g/mol. The molecule has 0 aliphatic heterocycles. The standard InChI is InChI=1S/C5H12O4S3/c6-12(7,8)2-1-9-3-5(11)4-10/h5,10-11H,1-4H2,(H,6,7,8)/t5-/m0/s1. The first-order valence-electron chi connectivity index (χ1n) is 3.27. The second kappa shape index (κ2) is 6.09. The first-order valence-corrected chi connectivity index (χ1v) is 6.03. The summed E-state index contributed by atoms with van der Waals surface area (Å²) >= 11 is 8.01. The summed E-state index contributed by atoms with van der Waals surface area (Å²) in [6.45, 7) is 0.325. The van der Waals surface area contributed by atoms with Crippen LogP contribution >= 0.6 is 25.3 Å². The lowest BCUT2D eigenvalue weighted by atomic mass is 10.5.